The molecule has 0 radical (unpaired) electrons. The molecule has 0 spiro atoms. The van der Waals surface area contributed by atoms with E-state index in [2.05, 4.69) is 82.8 Å². The van der Waals surface area contributed by atoms with Gasteiger partial charge in [-0.3, -0.25) is 0 Å². The van der Waals surface area contributed by atoms with Crippen LogP contribution in [0, 0.1) is 0 Å². The normalized spacial score (nSPS) is 11.4. The van der Waals surface area contributed by atoms with Crippen LogP contribution in [-0.2, 0) is 6.54 Å². The van der Waals surface area contributed by atoms with Gasteiger partial charge in [0.25, 0.3) is 5.82 Å². The Labute approximate surface area is 218 Å². The van der Waals surface area contributed by atoms with Gasteiger partial charge in [0, 0.05) is 11.6 Å². The molecule has 0 N–H and O–H groups in total. The lowest BCUT2D eigenvalue weighted by molar-refractivity contribution is -0.670. The van der Waals surface area contributed by atoms with Crippen molar-refractivity contribution in [2.24, 2.45) is 0 Å². The smallest absolute Gasteiger partial charge is 0.287 e. The Morgan fingerprint density at radius 3 is 2.53 bits per heavy atom. The molecule has 0 bridgehead atoms. The van der Waals surface area contributed by atoms with Crippen LogP contribution in [0.15, 0.2) is 95.6 Å². The molecule has 0 fully saturated rings. The lowest BCUT2D eigenvalue weighted by Crippen LogP contribution is -3.00. The number of nitrogens with zero attached hydrogens (tertiary/aromatic N) is 3. The highest BCUT2D eigenvalue weighted by Crippen LogP contribution is 2.32. The molecule has 3 aromatic carbocycles. The fourth-order valence-corrected chi connectivity index (χ4v) is 5.27. The molecule has 6 aromatic rings. The maximum atomic E-state index is 5.54. The molecule has 4 nitrogen and oxygen atoms in total. The summed E-state index contributed by atoms with van der Waals surface area (Å²) in [5, 5.41) is 1.04. The average Bonchev–Trinajstić information content (AvgIpc) is 3.59. The minimum Gasteiger partial charge on any atom is -1.00 e. The lowest BCUT2D eigenvalue weighted by atomic mass is 10.2. The van der Waals surface area contributed by atoms with Crippen molar-refractivity contribution in [1.29, 1.82) is 0 Å². The SMILES string of the molecule is CC[n+]1c(/C=C/c2ccco2)n(-c2ccccc2)c2ccc(-c3nc4ccccc4s3)cc21.[I-]. The molecule has 3 aromatic heterocycles. The van der Waals surface area contributed by atoms with Crippen molar-refractivity contribution in [2.75, 3.05) is 0 Å². The highest BCUT2D eigenvalue weighted by atomic mass is 127. The number of hydrogen-bond acceptors (Lipinski definition) is 3. The first kappa shape index (κ1) is 22.6. The zero-order valence-electron chi connectivity index (χ0n) is 18.6. The zero-order valence-corrected chi connectivity index (χ0v) is 21.5. The first-order chi connectivity index (χ1) is 16.3. The lowest BCUT2D eigenvalue weighted by Gasteiger charge is -2.00. The molecule has 168 valence electrons. The van der Waals surface area contributed by atoms with Crippen LogP contribution in [0.3, 0.4) is 0 Å². The van der Waals surface area contributed by atoms with Crippen LogP contribution in [-0.4, -0.2) is 9.55 Å². The quantitative estimate of drug-likeness (QED) is 0.230. The molecule has 6 rings (SSSR count). The minimum absolute atomic E-state index is 0. The molecule has 0 amide bonds. The number of halogens is 1. The number of fused-ring (bicyclic) bond motifs is 2. The number of hydrogen-bond donors (Lipinski definition) is 0. The van der Waals surface area contributed by atoms with Gasteiger partial charge in [-0.1, -0.05) is 30.3 Å². The van der Waals surface area contributed by atoms with Gasteiger partial charge in [-0.15, -0.1) is 11.3 Å². The molecule has 0 unspecified atom stereocenters. The second-order valence-electron chi connectivity index (χ2n) is 7.81. The number of rotatable bonds is 5. The van der Waals surface area contributed by atoms with Crippen molar-refractivity contribution in [3.8, 4) is 16.3 Å². The van der Waals surface area contributed by atoms with E-state index in [1.807, 2.05) is 30.3 Å². The minimum atomic E-state index is 0. The largest absolute Gasteiger partial charge is 1.00 e. The van der Waals surface area contributed by atoms with E-state index in [4.69, 9.17) is 9.40 Å². The van der Waals surface area contributed by atoms with E-state index in [0.717, 1.165) is 45.4 Å². The molecule has 6 heteroatoms. The maximum absolute atomic E-state index is 5.54. The molecular formula is C28H22IN3OS. The van der Waals surface area contributed by atoms with Gasteiger partial charge in [-0.2, -0.15) is 4.57 Å². The Morgan fingerprint density at radius 1 is 0.941 bits per heavy atom. The van der Waals surface area contributed by atoms with E-state index in [-0.39, 0.29) is 24.0 Å². The molecule has 3 heterocycles. The molecule has 0 saturated carbocycles. The van der Waals surface area contributed by atoms with Gasteiger partial charge in [0.2, 0.25) is 0 Å². The van der Waals surface area contributed by atoms with Crippen LogP contribution in [0.25, 0.3) is 49.7 Å². The number of benzene rings is 3. The highest BCUT2D eigenvalue weighted by molar-refractivity contribution is 7.21. The van der Waals surface area contributed by atoms with Crippen molar-refractivity contribution in [3.05, 3.63) is 103 Å². The highest BCUT2D eigenvalue weighted by Gasteiger charge is 2.24. The second-order valence-corrected chi connectivity index (χ2v) is 8.84. The Kier molecular flexibility index (Phi) is 6.34. The standard InChI is InChI=1S/C28H22N3OS.HI/c1-2-30-25-19-20(28-29-23-12-6-7-13-26(23)33-28)14-16-24(25)31(21-9-4-3-5-10-21)27(30)17-15-22-11-8-18-32-22;/h3-19H,2H2,1H3;1H/q+1;/p-1/b17-15+;. The van der Waals surface area contributed by atoms with E-state index in [1.54, 1.807) is 17.6 Å². The van der Waals surface area contributed by atoms with Gasteiger partial charge in [0.05, 0.1) is 23.0 Å². The van der Waals surface area contributed by atoms with Gasteiger partial charge in [-0.25, -0.2) is 9.55 Å². The van der Waals surface area contributed by atoms with E-state index < -0.39 is 0 Å². The number of para-hydroxylation sites is 2. The van der Waals surface area contributed by atoms with Gasteiger partial charge in [-0.05, 0) is 67.6 Å². The third kappa shape index (κ3) is 3.97. The van der Waals surface area contributed by atoms with E-state index in [9.17, 15) is 0 Å². The van der Waals surface area contributed by atoms with E-state index in [0.29, 0.717) is 0 Å². The molecular weight excluding hydrogens is 553 g/mol. The predicted molar refractivity (Wildman–Crippen MR) is 135 cm³/mol. The van der Waals surface area contributed by atoms with Gasteiger partial charge < -0.3 is 28.4 Å². The van der Waals surface area contributed by atoms with Crippen molar-refractivity contribution in [3.63, 3.8) is 0 Å². The summed E-state index contributed by atoms with van der Waals surface area (Å²) in [6.07, 6.45) is 5.85. The first-order valence-corrected chi connectivity index (χ1v) is 11.8. The van der Waals surface area contributed by atoms with Crippen LogP contribution >= 0.6 is 11.3 Å². The topological polar surface area (TPSA) is 34.8 Å². The number of aromatic nitrogens is 3. The van der Waals surface area contributed by atoms with E-state index >= 15 is 0 Å². The second kappa shape index (κ2) is 9.56. The predicted octanol–water partition coefficient (Wildman–Crippen LogP) is 3.98. The third-order valence-electron chi connectivity index (χ3n) is 5.82. The summed E-state index contributed by atoms with van der Waals surface area (Å²) in [4.78, 5) is 4.88. The Balaban J connectivity index is 0.00000241. The van der Waals surface area contributed by atoms with E-state index in [1.165, 1.54) is 10.2 Å². The Bertz CT molecular complexity index is 1560. The van der Waals surface area contributed by atoms with Crippen LogP contribution in [0.1, 0.15) is 18.5 Å². The van der Waals surface area contributed by atoms with Crippen molar-refractivity contribution in [1.82, 2.24) is 9.55 Å². The van der Waals surface area contributed by atoms with Gasteiger partial charge in [0.1, 0.15) is 16.5 Å². The molecule has 34 heavy (non-hydrogen) atoms. The van der Waals surface area contributed by atoms with Crippen LogP contribution in [0.2, 0.25) is 0 Å². The number of furan rings is 1. The third-order valence-corrected chi connectivity index (χ3v) is 6.91. The first-order valence-electron chi connectivity index (χ1n) is 11.0. The van der Waals surface area contributed by atoms with Crippen molar-refractivity contribution in [2.45, 2.75) is 13.5 Å². The summed E-state index contributed by atoms with van der Waals surface area (Å²) in [6.45, 7) is 3.03. The molecule has 0 aliphatic carbocycles. The van der Waals surface area contributed by atoms with Crippen molar-refractivity contribution >= 4 is 44.7 Å². The summed E-state index contributed by atoms with van der Waals surface area (Å²) in [7, 11) is 0. The Hall–Kier alpha value is -3.23. The summed E-state index contributed by atoms with van der Waals surface area (Å²) < 4.78 is 11.4. The monoisotopic (exact) mass is 575 g/mol. The summed E-state index contributed by atoms with van der Waals surface area (Å²) in [5.74, 6) is 1.93. The zero-order chi connectivity index (χ0) is 22.2. The Morgan fingerprint density at radius 2 is 1.76 bits per heavy atom. The summed E-state index contributed by atoms with van der Waals surface area (Å²) in [5.41, 5.74) is 5.65. The van der Waals surface area contributed by atoms with Crippen LogP contribution in [0.4, 0.5) is 0 Å². The number of aryl methyl sites for hydroxylation is 1. The molecule has 0 aliphatic heterocycles. The van der Waals surface area contributed by atoms with Crippen LogP contribution < -0.4 is 28.5 Å². The number of thiazole rings is 1. The maximum Gasteiger partial charge on any atom is 0.287 e. The molecule has 0 atom stereocenters. The summed E-state index contributed by atoms with van der Waals surface area (Å²) in [6, 6.07) is 29.3. The fourth-order valence-electron chi connectivity index (χ4n) is 4.31. The summed E-state index contributed by atoms with van der Waals surface area (Å²) >= 11 is 1.73. The number of imidazole rings is 1. The fraction of sp³-hybridized carbons (Fsp3) is 0.0714. The van der Waals surface area contributed by atoms with Crippen LogP contribution in [0.5, 0.6) is 0 Å². The van der Waals surface area contributed by atoms with Crippen molar-refractivity contribution < 1.29 is 33.0 Å². The molecule has 0 saturated heterocycles. The van der Waals surface area contributed by atoms with Gasteiger partial charge in [0.15, 0.2) is 11.0 Å². The van der Waals surface area contributed by atoms with Gasteiger partial charge >= 0.3 is 0 Å². The average molecular weight is 575 g/mol. The molecule has 0 aliphatic rings.